The molecule has 6 nitrogen and oxygen atoms in total. The average molecular weight is 263 g/mol. The van der Waals surface area contributed by atoms with Crippen molar-refractivity contribution in [3.63, 3.8) is 0 Å². The summed E-state index contributed by atoms with van der Waals surface area (Å²) in [6, 6.07) is 2.06. The van der Waals surface area contributed by atoms with E-state index >= 15 is 0 Å². The molecule has 1 N–H and O–H groups in total. The molecule has 0 spiro atoms. The van der Waals surface area contributed by atoms with E-state index in [2.05, 4.69) is 22.4 Å². The first-order valence-electron chi connectivity index (χ1n) is 6.55. The fraction of sp³-hybridized carbons (Fsp3) is 0.538. The van der Waals surface area contributed by atoms with Crippen LogP contribution in [0.3, 0.4) is 0 Å². The number of nitrogens with one attached hydrogen (secondary N) is 1. The highest BCUT2D eigenvalue weighted by molar-refractivity contribution is 5.51. The summed E-state index contributed by atoms with van der Waals surface area (Å²) in [5, 5.41) is 7.44. The Hall–Kier alpha value is -1.66. The van der Waals surface area contributed by atoms with Crippen LogP contribution in [0.15, 0.2) is 27.5 Å². The zero-order valence-electron chi connectivity index (χ0n) is 10.8. The number of nitrogens with zero attached hydrogens (tertiary/aromatic N) is 2. The number of aromatic nitrogens is 2. The quantitative estimate of drug-likeness (QED) is 0.887. The van der Waals surface area contributed by atoms with Crippen molar-refractivity contribution in [1.29, 1.82) is 0 Å². The monoisotopic (exact) mass is 263 g/mol. The van der Waals surface area contributed by atoms with Crippen LogP contribution in [0, 0.1) is 0 Å². The molecule has 1 saturated heterocycles. The van der Waals surface area contributed by atoms with Gasteiger partial charge in [-0.3, -0.25) is 0 Å². The third kappa shape index (κ3) is 2.54. The van der Waals surface area contributed by atoms with Crippen LogP contribution in [-0.4, -0.2) is 35.9 Å². The van der Waals surface area contributed by atoms with Crippen LogP contribution in [0.4, 0.5) is 0 Å². The fourth-order valence-electron chi connectivity index (χ4n) is 2.22. The molecule has 3 heterocycles. The molecule has 102 valence electrons. The van der Waals surface area contributed by atoms with E-state index in [0.717, 1.165) is 18.5 Å². The molecular weight excluding hydrogens is 246 g/mol. The predicted molar refractivity (Wildman–Crippen MR) is 67.6 cm³/mol. The minimum atomic E-state index is 0.125. The Bertz CT molecular complexity index is 509. The molecule has 2 aromatic heterocycles. The highest BCUT2D eigenvalue weighted by Crippen LogP contribution is 2.26. The van der Waals surface area contributed by atoms with Gasteiger partial charge in [0.15, 0.2) is 0 Å². The standard InChI is InChI=1S/C13H17N3O3/c1-2-4-14-11-8-18-7-10(11)13-15-12(16-19-13)9-3-5-17-6-9/h3,5-6,10-11,14H,2,4,7-8H2,1H3. The van der Waals surface area contributed by atoms with E-state index in [1.165, 1.54) is 0 Å². The molecule has 0 aliphatic carbocycles. The lowest BCUT2D eigenvalue weighted by Crippen LogP contribution is -2.34. The minimum absolute atomic E-state index is 0.125. The van der Waals surface area contributed by atoms with Crippen molar-refractivity contribution >= 4 is 0 Å². The molecule has 2 aromatic rings. The lowest BCUT2D eigenvalue weighted by atomic mass is 10.0. The summed E-state index contributed by atoms with van der Waals surface area (Å²) in [5.41, 5.74) is 0.826. The number of furan rings is 1. The molecular formula is C13H17N3O3. The van der Waals surface area contributed by atoms with Gasteiger partial charge in [-0.2, -0.15) is 4.98 Å². The van der Waals surface area contributed by atoms with E-state index in [-0.39, 0.29) is 12.0 Å². The van der Waals surface area contributed by atoms with Crippen molar-refractivity contribution in [2.75, 3.05) is 19.8 Å². The van der Waals surface area contributed by atoms with Gasteiger partial charge in [0.1, 0.15) is 6.26 Å². The van der Waals surface area contributed by atoms with Gasteiger partial charge in [-0.25, -0.2) is 0 Å². The molecule has 0 amide bonds. The van der Waals surface area contributed by atoms with Crippen LogP contribution in [0.1, 0.15) is 25.2 Å². The van der Waals surface area contributed by atoms with Gasteiger partial charge < -0.3 is 19.0 Å². The first-order chi connectivity index (χ1) is 9.38. The van der Waals surface area contributed by atoms with E-state index in [4.69, 9.17) is 13.7 Å². The Labute approximate surface area is 111 Å². The van der Waals surface area contributed by atoms with Gasteiger partial charge in [-0.1, -0.05) is 12.1 Å². The Morgan fingerprint density at radius 2 is 2.37 bits per heavy atom. The summed E-state index contributed by atoms with van der Waals surface area (Å²) in [4.78, 5) is 4.44. The van der Waals surface area contributed by atoms with Crippen molar-refractivity contribution in [3.05, 3.63) is 24.5 Å². The number of rotatable bonds is 5. The normalized spacial score (nSPS) is 23.0. The highest BCUT2D eigenvalue weighted by atomic mass is 16.5. The molecule has 1 fully saturated rings. The van der Waals surface area contributed by atoms with Crippen LogP contribution >= 0.6 is 0 Å². The van der Waals surface area contributed by atoms with Crippen LogP contribution in [-0.2, 0) is 4.74 Å². The second-order valence-corrected chi connectivity index (χ2v) is 4.67. The number of hydrogen-bond acceptors (Lipinski definition) is 6. The summed E-state index contributed by atoms with van der Waals surface area (Å²) in [7, 11) is 0. The third-order valence-corrected chi connectivity index (χ3v) is 3.28. The van der Waals surface area contributed by atoms with Gasteiger partial charge in [0.25, 0.3) is 0 Å². The Kier molecular flexibility index (Phi) is 3.61. The van der Waals surface area contributed by atoms with Crippen LogP contribution in [0.25, 0.3) is 11.4 Å². The topological polar surface area (TPSA) is 73.3 Å². The first-order valence-corrected chi connectivity index (χ1v) is 6.55. The lowest BCUT2D eigenvalue weighted by molar-refractivity contribution is 0.184. The van der Waals surface area contributed by atoms with Gasteiger partial charge in [-0.05, 0) is 19.0 Å². The molecule has 0 aromatic carbocycles. The second-order valence-electron chi connectivity index (χ2n) is 4.67. The van der Waals surface area contributed by atoms with E-state index in [0.29, 0.717) is 24.9 Å². The summed E-state index contributed by atoms with van der Waals surface area (Å²) in [6.45, 7) is 4.41. The predicted octanol–water partition coefficient (Wildman–Crippen LogP) is 1.81. The summed E-state index contributed by atoms with van der Waals surface area (Å²) in [5.74, 6) is 1.31. The van der Waals surface area contributed by atoms with Crippen LogP contribution < -0.4 is 5.32 Å². The maximum absolute atomic E-state index is 5.51. The Morgan fingerprint density at radius 1 is 1.42 bits per heavy atom. The largest absolute Gasteiger partial charge is 0.472 e. The molecule has 1 aliphatic rings. The highest BCUT2D eigenvalue weighted by Gasteiger charge is 2.33. The van der Waals surface area contributed by atoms with Crippen molar-refractivity contribution in [1.82, 2.24) is 15.5 Å². The smallest absolute Gasteiger partial charge is 0.234 e. The Morgan fingerprint density at radius 3 is 3.16 bits per heavy atom. The molecule has 19 heavy (non-hydrogen) atoms. The van der Waals surface area contributed by atoms with E-state index < -0.39 is 0 Å². The molecule has 0 bridgehead atoms. The molecule has 0 radical (unpaired) electrons. The third-order valence-electron chi connectivity index (χ3n) is 3.28. The van der Waals surface area contributed by atoms with E-state index in [1.807, 2.05) is 6.07 Å². The molecule has 0 saturated carbocycles. The summed E-state index contributed by atoms with van der Waals surface area (Å²) in [6.07, 6.45) is 4.29. The number of hydrogen-bond donors (Lipinski definition) is 1. The summed E-state index contributed by atoms with van der Waals surface area (Å²) < 4.78 is 15.9. The van der Waals surface area contributed by atoms with E-state index in [1.54, 1.807) is 12.5 Å². The van der Waals surface area contributed by atoms with Crippen molar-refractivity contribution in [2.24, 2.45) is 0 Å². The molecule has 3 rings (SSSR count). The maximum atomic E-state index is 5.51. The van der Waals surface area contributed by atoms with Crippen LogP contribution in [0.5, 0.6) is 0 Å². The molecule has 6 heteroatoms. The molecule has 2 atom stereocenters. The molecule has 1 aliphatic heterocycles. The number of ether oxygens (including phenoxy) is 1. The SMILES string of the molecule is CCCNC1COCC1c1nc(-c2ccoc2)no1. The molecule has 2 unspecified atom stereocenters. The lowest BCUT2D eigenvalue weighted by Gasteiger charge is -2.14. The van der Waals surface area contributed by atoms with Gasteiger partial charge in [0.2, 0.25) is 11.7 Å². The summed E-state index contributed by atoms with van der Waals surface area (Å²) >= 11 is 0. The average Bonchev–Trinajstić information content (AvgIpc) is 3.14. The minimum Gasteiger partial charge on any atom is -0.472 e. The van der Waals surface area contributed by atoms with Crippen molar-refractivity contribution in [2.45, 2.75) is 25.3 Å². The van der Waals surface area contributed by atoms with Gasteiger partial charge in [0.05, 0.1) is 31.0 Å². The van der Waals surface area contributed by atoms with Crippen LogP contribution in [0.2, 0.25) is 0 Å². The van der Waals surface area contributed by atoms with Crippen molar-refractivity contribution < 1.29 is 13.7 Å². The second kappa shape index (κ2) is 5.54. The fourth-order valence-corrected chi connectivity index (χ4v) is 2.22. The van der Waals surface area contributed by atoms with Gasteiger partial charge in [0, 0.05) is 6.04 Å². The maximum Gasteiger partial charge on any atom is 0.234 e. The zero-order chi connectivity index (χ0) is 13.1. The Balaban J connectivity index is 1.75. The van der Waals surface area contributed by atoms with Gasteiger partial charge >= 0.3 is 0 Å². The van der Waals surface area contributed by atoms with Gasteiger partial charge in [-0.15, -0.1) is 0 Å². The van der Waals surface area contributed by atoms with E-state index in [9.17, 15) is 0 Å². The zero-order valence-corrected chi connectivity index (χ0v) is 10.8. The first kappa shape index (κ1) is 12.4. The van der Waals surface area contributed by atoms with Crippen molar-refractivity contribution in [3.8, 4) is 11.4 Å².